The first-order chi connectivity index (χ1) is 9.81. The Hall–Kier alpha value is -2.08. The van der Waals surface area contributed by atoms with E-state index in [-0.39, 0.29) is 11.5 Å². The van der Waals surface area contributed by atoms with Gasteiger partial charge in [0.05, 0.1) is 5.41 Å². The van der Waals surface area contributed by atoms with Crippen LogP contribution in [-0.2, 0) is 5.41 Å². The van der Waals surface area contributed by atoms with Crippen LogP contribution in [0.2, 0.25) is 0 Å². The van der Waals surface area contributed by atoms with Crippen LogP contribution < -0.4 is 15.2 Å². The predicted molar refractivity (Wildman–Crippen MR) is 69.6 cm³/mol. The van der Waals surface area contributed by atoms with Gasteiger partial charge in [-0.05, 0) is 25.0 Å². The first-order valence-corrected chi connectivity index (χ1v) is 6.73. The second-order valence-corrected chi connectivity index (χ2v) is 5.31. The van der Waals surface area contributed by atoms with Crippen molar-refractivity contribution in [3.8, 4) is 11.5 Å². The summed E-state index contributed by atoms with van der Waals surface area (Å²) in [4.78, 5) is 4.45. The highest BCUT2D eigenvalue weighted by molar-refractivity contribution is 5.41. The summed E-state index contributed by atoms with van der Waals surface area (Å²) < 4.78 is 16.9. The summed E-state index contributed by atoms with van der Waals surface area (Å²) in [5.74, 6) is 2.59. The first-order valence-electron chi connectivity index (χ1n) is 6.73. The Labute approximate surface area is 115 Å². The third kappa shape index (κ3) is 1.76. The molecule has 104 valence electrons. The Morgan fingerprint density at radius 3 is 2.80 bits per heavy atom. The fourth-order valence-electron chi connectivity index (χ4n) is 2.38. The molecule has 0 amide bonds. The van der Waals surface area contributed by atoms with Gasteiger partial charge in [-0.3, -0.25) is 0 Å². The second kappa shape index (κ2) is 4.21. The maximum atomic E-state index is 5.86. The Morgan fingerprint density at radius 1 is 1.25 bits per heavy atom. The summed E-state index contributed by atoms with van der Waals surface area (Å²) in [5.41, 5.74) is 5.67. The lowest BCUT2D eigenvalue weighted by Crippen LogP contribution is -2.23. The van der Waals surface area contributed by atoms with Crippen molar-refractivity contribution < 1.29 is 14.0 Å². The molecule has 0 spiro atoms. The van der Waals surface area contributed by atoms with Gasteiger partial charge in [-0.1, -0.05) is 17.3 Å². The van der Waals surface area contributed by atoms with Crippen molar-refractivity contribution in [2.75, 3.05) is 13.2 Å². The summed E-state index contributed by atoms with van der Waals surface area (Å²) in [6.07, 6.45) is 1.68. The minimum absolute atomic E-state index is 0.0985. The normalized spacial score (nSPS) is 22.6. The van der Waals surface area contributed by atoms with Crippen molar-refractivity contribution in [3.63, 3.8) is 0 Å². The van der Waals surface area contributed by atoms with Gasteiger partial charge in [-0.15, -0.1) is 0 Å². The minimum atomic E-state index is -0.337. The number of hydrogen-bond donors (Lipinski definition) is 1. The van der Waals surface area contributed by atoms with Crippen LogP contribution in [-0.4, -0.2) is 23.3 Å². The average molecular weight is 273 g/mol. The van der Waals surface area contributed by atoms with E-state index < -0.39 is 0 Å². The van der Waals surface area contributed by atoms with E-state index in [0.29, 0.717) is 30.6 Å². The maximum Gasteiger partial charge on any atom is 0.234 e. The van der Waals surface area contributed by atoms with E-state index in [4.69, 9.17) is 19.7 Å². The van der Waals surface area contributed by atoms with Crippen LogP contribution in [0.4, 0.5) is 0 Å². The number of ether oxygens (including phenoxy) is 2. The molecule has 1 aliphatic heterocycles. The molecule has 1 fully saturated rings. The molecule has 2 N–H and O–H groups in total. The Morgan fingerprint density at radius 2 is 2.05 bits per heavy atom. The van der Waals surface area contributed by atoms with Crippen LogP contribution in [0.5, 0.6) is 11.5 Å². The molecule has 20 heavy (non-hydrogen) atoms. The fraction of sp³-hybridized carbons (Fsp3) is 0.429. The van der Waals surface area contributed by atoms with Gasteiger partial charge in [-0.2, -0.15) is 4.98 Å². The van der Waals surface area contributed by atoms with E-state index in [9.17, 15) is 0 Å². The van der Waals surface area contributed by atoms with Crippen LogP contribution in [0.1, 0.15) is 30.7 Å². The van der Waals surface area contributed by atoms with E-state index in [0.717, 1.165) is 18.6 Å². The number of nitrogens with zero attached hydrogens (tertiary/aromatic N) is 2. The molecule has 2 aromatic rings. The van der Waals surface area contributed by atoms with Gasteiger partial charge in [0.2, 0.25) is 11.7 Å². The van der Waals surface area contributed by atoms with Crippen molar-refractivity contribution in [2.45, 2.75) is 24.4 Å². The van der Waals surface area contributed by atoms with Gasteiger partial charge in [0.15, 0.2) is 17.6 Å². The highest BCUT2D eigenvalue weighted by Gasteiger charge is 2.48. The molecule has 0 saturated heterocycles. The van der Waals surface area contributed by atoms with E-state index in [1.807, 2.05) is 24.3 Å². The molecular formula is C14H15N3O3. The Balaban J connectivity index is 1.58. The minimum Gasteiger partial charge on any atom is -0.485 e. The van der Waals surface area contributed by atoms with Gasteiger partial charge < -0.3 is 19.7 Å². The van der Waals surface area contributed by atoms with E-state index in [1.54, 1.807) is 0 Å². The maximum absolute atomic E-state index is 5.86. The first kappa shape index (κ1) is 11.7. The summed E-state index contributed by atoms with van der Waals surface area (Å²) >= 11 is 0. The largest absolute Gasteiger partial charge is 0.485 e. The lowest BCUT2D eigenvalue weighted by molar-refractivity contribution is 0.0832. The van der Waals surface area contributed by atoms with Crippen molar-refractivity contribution in [2.24, 2.45) is 5.73 Å². The zero-order valence-corrected chi connectivity index (χ0v) is 10.9. The Kier molecular flexibility index (Phi) is 2.47. The zero-order valence-electron chi connectivity index (χ0n) is 10.9. The van der Waals surface area contributed by atoms with Crippen molar-refractivity contribution in [1.29, 1.82) is 0 Å². The highest BCUT2D eigenvalue weighted by Crippen LogP contribution is 2.46. The molecule has 4 rings (SSSR count). The summed E-state index contributed by atoms with van der Waals surface area (Å²) in [5, 5.41) is 4.02. The Bertz CT molecular complexity index is 636. The molecule has 0 radical (unpaired) electrons. The van der Waals surface area contributed by atoms with Gasteiger partial charge in [0, 0.05) is 6.54 Å². The second-order valence-electron chi connectivity index (χ2n) is 5.31. The van der Waals surface area contributed by atoms with Crippen molar-refractivity contribution >= 4 is 0 Å². The number of hydrogen-bond acceptors (Lipinski definition) is 6. The molecule has 1 aromatic carbocycles. The van der Waals surface area contributed by atoms with Crippen LogP contribution in [0, 0.1) is 0 Å². The molecule has 1 unspecified atom stereocenters. The van der Waals surface area contributed by atoms with Crippen LogP contribution in [0.3, 0.4) is 0 Å². The molecule has 1 saturated carbocycles. The average Bonchev–Trinajstić information content (AvgIpc) is 3.15. The highest BCUT2D eigenvalue weighted by atomic mass is 16.6. The molecular weight excluding hydrogens is 258 g/mol. The van der Waals surface area contributed by atoms with Crippen LogP contribution in [0.25, 0.3) is 0 Å². The van der Waals surface area contributed by atoms with Gasteiger partial charge in [0.1, 0.15) is 6.61 Å². The molecule has 2 heterocycles. The number of para-hydroxylation sites is 2. The quantitative estimate of drug-likeness (QED) is 0.914. The molecule has 1 aliphatic carbocycles. The van der Waals surface area contributed by atoms with E-state index >= 15 is 0 Å². The molecule has 6 nitrogen and oxygen atoms in total. The van der Waals surface area contributed by atoms with E-state index in [2.05, 4.69) is 10.1 Å². The fourth-order valence-corrected chi connectivity index (χ4v) is 2.38. The lowest BCUT2D eigenvalue weighted by atomic mass is 10.1. The monoisotopic (exact) mass is 273 g/mol. The topological polar surface area (TPSA) is 83.4 Å². The number of nitrogens with two attached hydrogens (primary N) is 1. The van der Waals surface area contributed by atoms with Gasteiger partial charge in [0.25, 0.3) is 0 Å². The molecule has 2 aliphatic rings. The number of benzene rings is 1. The molecule has 0 bridgehead atoms. The molecule has 1 aromatic heterocycles. The predicted octanol–water partition coefficient (Wildman–Crippen LogP) is 1.57. The van der Waals surface area contributed by atoms with Crippen LogP contribution in [0.15, 0.2) is 28.8 Å². The van der Waals surface area contributed by atoms with Gasteiger partial charge >= 0.3 is 0 Å². The lowest BCUT2D eigenvalue weighted by Gasteiger charge is -2.24. The summed E-state index contributed by atoms with van der Waals surface area (Å²) in [7, 11) is 0. The number of rotatable bonds is 3. The molecule has 1 atom stereocenters. The summed E-state index contributed by atoms with van der Waals surface area (Å²) in [6, 6.07) is 7.55. The zero-order chi connectivity index (χ0) is 13.6. The van der Waals surface area contributed by atoms with Crippen LogP contribution >= 0.6 is 0 Å². The molecule has 6 heteroatoms. The third-order valence-corrected chi connectivity index (χ3v) is 3.94. The smallest absolute Gasteiger partial charge is 0.234 e. The standard InChI is InChI=1S/C14H15N3O3/c15-8-14(5-6-14)13-16-12(17-20-13)11-7-18-9-3-1-2-4-10(9)19-11/h1-4,11H,5-8,15H2. The third-order valence-electron chi connectivity index (χ3n) is 3.94. The van der Waals surface area contributed by atoms with Crippen molar-refractivity contribution in [3.05, 3.63) is 36.0 Å². The van der Waals surface area contributed by atoms with E-state index in [1.165, 1.54) is 0 Å². The number of fused-ring (bicyclic) bond motifs is 1. The summed E-state index contributed by atoms with van der Waals surface area (Å²) in [6.45, 7) is 0.922. The SMILES string of the molecule is NCC1(c2nc(C3COc4ccccc4O3)no2)CC1. The van der Waals surface area contributed by atoms with Gasteiger partial charge in [-0.25, -0.2) is 0 Å². The van der Waals surface area contributed by atoms with Crippen molar-refractivity contribution in [1.82, 2.24) is 10.1 Å². The number of aromatic nitrogens is 2.